The van der Waals surface area contributed by atoms with Crippen molar-refractivity contribution in [2.45, 2.75) is 26.5 Å². The van der Waals surface area contributed by atoms with E-state index in [4.69, 9.17) is 21.1 Å². The van der Waals surface area contributed by atoms with Gasteiger partial charge in [0.25, 0.3) is 5.56 Å². The fourth-order valence-corrected chi connectivity index (χ4v) is 6.46. The van der Waals surface area contributed by atoms with E-state index in [1.165, 1.54) is 22.7 Å². The number of aromatic nitrogens is 1. The largest absolute Gasteiger partial charge is 0.488 e. The van der Waals surface area contributed by atoms with Gasteiger partial charge in [-0.1, -0.05) is 57.1 Å². The smallest absolute Gasteiger partial charge is 0.338 e. The van der Waals surface area contributed by atoms with Gasteiger partial charge in [-0.2, -0.15) is 0 Å². The molecule has 0 fully saturated rings. The summed E-state index contributed by atoms with van der Waals surface area (Å²) in [7, 11) is 0. The second-order valence-electron chi connectivity index (χ2n) is 8.41. The van der Waals surface area contributed by atoms with Crippen LogP contribution in [0.1, 0.15) is 35.9 Å². The Hall–Kier alpha value is -2.98. The summed E-state index contributed by atoms with van der Waals surface area (Å²) >= 11 is 12.5. The third kappa shape index (κ3) is 5.42. The zero-order valence-electron chi connectivity index (χ0n) is 20.4. The van der Waals surface area contributed by atoms with Crippen LogP contribution in [0.4, 0.5) is 0 Å². The van der Waals surface area contributed by atoms with Crippen molar-refractivity contribution in [1.29, 1.82) is 0 Å². The van der Waals surface area contributed by atoms with Crippen molar-refractivity contribution in [2.75, 3.05) is 6.61 Å². The molecule has 1 aliphatic rings. The predicted octanol–water partition coefficient (Wildman–Crippen LogP) is 5.85. The van der Waals surface area contributed by atoms with Crippen LogP contribution in [-0.4, -0.2) is 17.1 Å². The van der Waals surface area contributed by atoms with Gasteiger partial charge in [0.1, 0.15) is 18.4 Å². The first-order valence-electron chi connectivity index (χ1n) is 11.8. The fourth-order valence-electron chi connectivity index (χ4n) is 4.15. The number of allylic oxidation sites excluding steroid dienone is 1. The zero-order chi connectivity index (χ0) is 26.8. The first-order chi connectivity index (χ1) is 18.4. The lowest BCUT2D eigenvalue weighted by Crippen LogP contribution is -2.39. The maximum absolute atomic E-state index is 13.8. The van der Waals surface area contributed by atoms with Crippen LogP contribution in [0.2, 0.25) is 5.02 Å². The molecule has 2 aromatic carbocycles. The van der Waals surface area contributed by atoms with Gasteiger partial charge in [-0.15, -0.1) is 11.3 Å². The molecule has 0 saturated carbocycles. The van der Waals surface area contributed by atoms with Crippen molar-refractivity contribution < 1.29 is 14.3 Å². The monoisotopic (exact) mass is 628 g/mol. The Balaban J connectivity index is 1.59. The molecule has 0 N–H and O–H groups in total. The summed E-state index contributed by atoms with van der Waals surface area (Å²) in [5.41, 5.74) is 2.34. The third-order valence-electron chi connectivity index (χ3n) is 5.90. The maximum atomic E-state index is 13.8. The van der Waals surface area contributed by atoms with Gasteiger partial charge in [-0.25, -0.2) is 9.79 Å². The normalized spacial score (nSPS) is 15.3. The van der Waals surface area contributed by atoms with Crippen LogP contribution in [0, 0.1) is 0 Å². The van der Waals surface area contributed by atoms with Crippen LogP contribution in [0.15, 0.2) is 85.5 Å². The number of benzene rings is 2. The Morgan fingerprint density at radius 1 is 1.21 bits per heavy atom. The fraction of sp³-hybridized carbons (Fsp3) is 0.179. The Bertz CT molecular complexity index is 1710. The highest BCUT2D eigenvalue weighted by atomic mass is 79.9. The van der Waals surface area contributed by atoms with E-state index in [2.05, 4.69) is 20.9 Å². The molecule has 38 heavy (non-hydrogen) atoms. The van der Waals surface area contributed by atoms with E-state index in [0.717, 1.165) is 14.9 Å². The van der Waals surface area contributed by atoms with Gasteiger partial charge >= 0.3 is 5.97 Å². The molecule has 194 valence electrons. The molecule has 0 bridgehead atoms. The number of carbonyl (C=O) groups excluding carboxylic acids is 1. The summed E-state index contributed by atoms with van der Waals surface area (Å²) in [4.78, 5) is 32.7. The molecule has 3 heterocycles. The Morgan fingerprint density at radius 3 is 2.71 bits per heavy atom. The molecule has 6 nitrogen and oxygen atoms in total. The number of ether oxygens (including phenoxy) is 2. The molecule has 0 amide bonds. The second-order valence-corrected chi connectivity index (χ2v) is 11.8. The Kier molecular flexibility index (Phi) is 7.99. The lowest BCUT2D eigenvalue weighted by atomic mass is 10.0. The summed E-state index contributed by atoms with van der Waals surface area (Å²) < 4.78 is 14.5. The third-order valence-corrected chi connectivity index (χ3v) is 8.57. The first-order valence-corrected chi connectivity index (χ1v) is 14.6. The standard InChI is InChI=1S/C28H22BrClN2O4S2/c1-3-35-27(34)24-16(2)31-28-32(25(24)22-5-4-12-37-22)26(33)23(38-28)14-18-13-20(30)10-11-21(18)36-15-17-6-8-19(29)9-7-17/h4-14,25H,3,15H2,1-2H3/b23-14-/t25-/m1/s1. The van der Waals surface area contributed by atoms with Crippen molar-refractivity contribution in [1.82, 2.24) is 4.57 Å². The number of hydrogen-bond donors (Lipinski definition) is 0. The van der Waals surface area contributed by atoms with Gasteiger partial charge in [0, 0.05) is 19.9 Å². The lowest BCUT2D eigenvalue weighted by Gasteiger charge is -2.23. The molecule has 0 spiro atoms. The molecule has 5 rings (SSSR count). The number of halogens is 2. The highest BCUT2D eigenvalue weighted by Gasteiger charge is 2.33. The predicted molar refractivity (Wildman–Crippen MR) is 155 cm³/mol. The van der Waals surface area contributed by atoms with E-state index in [0.29, 0.717) is 43.5 Å². The van der Waals surface area contributed by atoms with E-state index >= 15 is 0 Å². The summed E-state index contributed by atoms with van der Waals surface area (Å²) in [5, 5.41) is 2.45. The summed E-state index contributed by atoms with van der Waals surface area (Å²) in [6, 6.07) is 16.4. The summed E-state index contributed by atoms with van der Waals surface area (Å²) in [5.74, 6) is 0.126. The molecule has 2 aromatic heterocycles. The number of carbonyl (C=O) groups is 1. The average molecular weight is 630 g/mol. The van der Waals surface area contributed by atoms with Crippen molar-refractivity contribution in [2.24, 2.45) is 4.99 Å². The van der Waals surface area contributed by atoms with E-state index in [-0.39, 0.29) is 12.2 Å². The van der Waals surface area contributed by atoms with Crippen molar-refractivity contribution in [3.05, 3.63) is 116 Å². The Labute approximate surface area is 240 Å². The number of esters is 1. The molecule has 1 aliphatic heterocycles. The van der Waals surface area contributed by atoms with Gasteiger partial charge in [0.15, 0.2) is 4.80 Å². The first kappa shape index (κ1) is 26.6. The van der Waals surface area contributed by atoms with Crippen molar-refractivity contribution in [3.63, 3.8) is 0 Å². The summed E-state index contributed by atoms with van der Waals surface area (Å²) in [6.07, 6.45) is 1.77. The Morgan fingerprint density at radius 2 is 2.00 bits per heavy atom. The molecule has 4 aromatic rings. The average Bonchev–Trinajstić information content (AvgIpc) is 3.52. The summed E-state index contributed by atoms with van der Waals surface area (Å²) in [6.45, 7) is 4.12. The topological polar surface area (TPSA) is 69.9 Å². The van der Waals surface area contributed by atoms with E-state index in [1.807, 2.05) is 41.8 Å². The van der Waals surface area contributed by atoms with Crippen LogP contribution in [0.25, 0.3) is 6.08 Å². The van der Waals surface area contributed by atoms with Crippen LogP contribution >= 0.6 is 50.2 Å². The number of thiophene rings is 1. The highest BCUT2D eigenvalue weighted by molar-refractivity contribution is 9.10. The van der Waals surface area contributed by atoms with Gasteiger partial charge < -0.3 is 9.47 Å². The minimum Gasteiger partial charge on any atom is -0.488 e. The van der Waals surface area contributed by atoms with Gasteiger partial charge in [0.2, 0.25) is 0 Å². The molecule has 0 aliphatic carbocycles. The van der Waals surface area contributed by atoms with Crippen LogP contribution in [0.3, 0.4) is 0 Å². The van der Waals surface area contributed by atoms with E-state index in [1.54, 1.807) is 42.7 Å². The van der Waals surface area contributed by atoms with Crippen LogP contribution in [-0.2, 0) is 16.1 Å². The van der Waals surface area contributed by atoms with Gasteiger partial charge in [0.05, 0.1) is 22.4 Å². The molecular weight excluding hydrogens is 608 g/mol. The van der Waals surface area contributed by atoms with E-state index < -0.39 is 12.0 Å². The van der Waals surface area contributed by atoms with Crippen LogP contribution < -0.4 is 19.6 Å². The number of rotatable bonds is 7. The van der Waals surface area contributed by atoms with Crippen molar-refractivity contribution >= 4 is 62.2 Å². The van der Waals surface area contributed by atoms with E-state index in [9.17, 15) is 9.59 Å². The molecule has 0 unspecified atom stereocenters. The number of nitrogens with zero attached hydrogens (tertiary/aromatic N) is 2. The quantitative estimate of drug-likeness (QED) is 0.241. The number of hydrogen-bond acceptors (Lipinski definition) is 7. The molecule has 1 atom stereocenters. The molecular formula is C28H22BrClN2O4S2. The highest BCUT2D eigenvalue weighted by Crippen LogP contribution is 2.33. The molecule has 0 radical (unpaired) electrons. The van der Waals surface area contributed by atoms with Crippen LogP contribution in [0.5, 0.6) is 5.75 Å². The van der Waals surface area contributed by atoms with Gasteiger partial charge in [-0.05, 0) is 67.3 Å². The zero-order valence-corrected chi connectivity index (χ0v) is 24.4. The minimum absolute atomic E-state index is 0.231. The number of thiazole rings is 1. The number of fused-ring (bicyclic) bond motifs is 1. The maximum Gasteiger partial charge on any atom is 0.338 e. The second kappa shape index (κ2) is 11.4. The van der Waals surface area contributed by atoms with Crippen molar-refractivity contribution in [3.8, 4) is 5.75 Å². The molecule has 10 heteroatoms. The van der Waals surface area contributed by atoms with Gasteiger partial charge in [-0.3, -0.25) is 9.36 Å². The SMILES string of the molecule is CCOC(=O)C1=C(C)N=c2s/c(=C\c3cc(Cl)ccc3OCc3ccc(Br)cc3)c(=O)n2[C@@H]1c1cccs1. The molecule has 0 saturated heterocycles. The lowest BCUT2D eigenvalue weighted by molar-refractivity contribution is -0.139. The minimum atomic E-state index is -0.611.